The SMILES string of the molecule is Cc1c(C(=O)NCC(C)(C)N)nnn1-c1cccc2cccnc12.Cl.Cl. The Balaban J connectivity index is 0.00000169. The van der Waals surface area contributed by atoms with E-state index in [4.69, 9.17) is 5.73 Å². The predicted octanol–water partition coefficient (Wildman–Crippen LogP) is 2.43. The molecule has 7 nitrogen and oxygen atoms in total. The molecule has 0 aliphatic heterocycles. The number of carbonyl (C=O) groups is 1. The van der Waals surface area contributed by atoms with Crippen molar-refractivity contribution in [1.29, 1.82) is 0 Å². The molecule has 0 fully saturated rings. The lowest BCUT2D eigenvalue weighted by Gasteiger charge is -2.18. The van der Waals surface area contributed by atoms with E-state index in [1.54, 1.807) is 10.9 Å². The van der Waals surface area contributed by atoms with Crippen LogP contribution >= 0.6 is 24.8 Å². The molecule has 3 rings (SSSR count). The van der Waals surface area contributed by atoms with Crippen molar-refractivity contribution in [1.82, 2.24) is 25.3 Å². The lowest BCUT2D eigenvalue weighted by molar-refractivity contribution is 0.0940. The van der Waals surface area contributed by atoms with Crippen molar-refractivity contribution < 1.29 is 4.79 Å². The fourth-order valence-corrected chi connectivity index (χ4v) is 2.42. The van der Waals surface area contributed by atoms with Gasteiger partial charge in [0, 0.05) is 23.7 Å². The van der Waals surface area contributed by atoms with Crippen molar-refractivity contribution in [3.05, 3.63) is 47.9 Å². The Morgan fingerprint density at radius 2 is 1.92 bits per heavy atom. The molecule has 9 heteroatoms. The monoisotopic (exact) mass is 396 g/mol. The van der Waals surface area contributed by atoms with Gasteiger partial charge in [0.15, 0.2) is 5.69 Å². The Bertz CT molecular complexity index is 898. The highest BCUT2D eigenvalue weighted by molar-refractivity contribution is 5.93. The van der Waals surface area contributed by atoms with Crippen LogP contribution < -0.4 is 11.1 Å². The van der Waals surface area contributed by atoms with Crippen molar-refractivity contribution in [3.63, 3.8) is 0 Å². The van der Waals surface area contributed by atoms with Gasteiger partial charge in [0.25, 0.3) is 5.91 Å². The number of nitrogens with one attached hydrogen (secondary N) is 1. The minimum atomic E-state index is -0.487. The van der Waals surface area contributed by atoms with Crippen LogP contribution in [0.3, 0.4) is 0 Å². The second-order valence-electron chi connectivity index (χ2n) is 6.46. The number of aromatic nitrogens is 4. The minimum Gasteiger partial charge on any atom is -0.349 e. The zero-order chi connectivity index (χ0) is 17.3. The standard InChI is InChI=1S/C17H20N6O.2ClH/c1-11-14(16(24)20-10-17(2,3)18)21-22-23(11)13-8-4-6-12-7-5-9-19-15(12)13;;/h4-9H,10,18H2,1-3H3,(H,20,24);2*1H. The molecule has 2 aromatic heterocycles. The van der Waals surface area contributed by atoms with Crippen LogP contribution in [0.4, 0.5) is 0 Å². The van der Waals surface area contributed by atoms with Gasteiger partial charge in [-0.25, -0.2) is 4.68 Å². The fraction of sp³-hybridized carbons (Fsp3) is 0.294. The average Bonchev–Trinajstić information content (AvgIpc) is 2.93. The summed E-state index contributed by atoms with van der Waals surface area (Å²) < 4.78 is 1.64. The molecular weight excluding hydrogens is 375 g/mol. The molecule has 26 heavy (non-hydrogen) atoms. The quantitative estimate of drug-likeness (QED) is 0.705. The zero-order valence-electron chi connectivity index (χ0n) is 14.8. The summed E-state index contributed by atoms with van der Waals surface area (Å²) in [5.41, 5.74) is 7.94. The summed E-state index contributed by atoms with van der Waals surface area (Å²) in [6, 6.07) is 9.68. The maximum absolute atomic E-state index is 12.3. The Hall–Kier alpha value is -2.22. The molecule has 0 bridgehead atoms. The maximum atomic E-state index is 12.3. The first-order valence-electron chi connectivity index (χ1n) is 7.70. The largest absolute Gasteiger partial charge is 0.349 e. The van der Waals surface area contributed by atoms with E-state index in [1.807, 2.05) is 51.1 Å². The van der Waals surface area contributed by atoms with E-state index in [1.165, 1.54) is 0 Å². The van der Waals surface area contributed by atoms with Gasteiger partial charge in [-0.3, -0.25) is 9.78 Å². The summed E-state index contributed by atoms with van der Waals surface area (Å²) in [7, 11) is 0. The highest BCUT2D eigenvalue weighted by atomic mass is 35.5. The van der Waals surface area contributed by atoms with Gasteiger partial charge in [-0.05, 0) is 32.9 Å². The fourth-order valence-electron chi connectivity index (χ4n) is 2.42. The number of hydrogen-bond donors (Lipinski definition) is 2. The van der Waals surface area contributed by atoms with Crippen molar-refractivity contribution >= 4 is 41.6 Å². The number of amides is 1. The Labute approximate surface area is 164 Å². The lowest BCUT2D eigenvalue weighted by atomic mass is 10.1. The number of halogens is 2. The molecule has 3 aromatic rings. The molecule has 0 unspecified atom stereocenters. The Kier molecular flexibility index (Phi) is 7.08. The van der Waals surface area contributed by atoms with E-state index in [-0.39, 0.29) is 36.4 Å². The molecule has 0 radical (unpaired) electrons. The number of pyridine rings is 1. The predicted molar refractivity (Wildman–Crippen MR) is 106 cm³/mol. The molecule has 0 saturated carbocycles. The van der Waals surface area contributed by atoms with Crippen LogP contribution in [0.25, 0.3) is 16.6 Å². The third-order valence-electron chi connectivity index (χ3n) is 3.65. The Morgan fingerprint density at radius 3 is 2.62 bits per heavy atom. The first-order valence-corrected chi connectivity index (χ1v) is 7.70. The van der Waals surface area contributed by atoms with E-state index in [0.717, 1.165) is 16.6 Å². The van der Waals surface area contributed by atoms with Gasteiger partial charge in [-0.1, -0.05) is 23.4 Å². The molecule has 3 N–H and O–H groups in total. The lowest BCUT2D eigenvalue weighted by Crippen LogP contribution is -2.45. The van der Waals surface area contributed by atoms with E-state index in [2.05, 4.69) is 20.6 Å². The summed E-state index contributed by atoms with van der Waals surface area (Å²) in [5, 5.41) is 12.0. The van der Waals surface area contributed by atoms with Gasteiger partial charge in [0.1, 0.15) is 0 Å². The Morgan fingerprint density at radius 1 is 1.23 bits per heavy atom. The smallest absolute Gasteiger partial charge is 0.273 e. The third-order valence-corrected chi connectivity index (χ3v) is 3.65. The van der Waals surface area contributed by atoms with Gasteiger partial charge in [0.2, 0.25) is 0 Å². The van der Waals surface area contributed by atoms with Gasteiger partial charge >= 0.3 is 0 Å². The summed E-state index contributed by atoms with van der Waals surface area (Å²) >= 11 is 0. The second kappa shape index (κ2) is 8.44. The summed E-state index contributed by atoms with van der Waals surface area (Å²) in [4.78, 5) is 16.7. The number of benzene rings is 1. The van der Waals surface area contributed by atoms with E-state index < -0.39 is 5.54 Å². The van der Waals surface area contributed by atoms with Crippen molar-refractivity contribution in [2.75, 3.05) is 6.54 Å². The van der Waals surface area contributed by atoms with Crippen LogP contribution in [0.2, 0.25) is 0 Å². The molecule has 0 atom stereocenters. The summed E-state index contributed by atoms with van der Waals surface area (Å²) in [5.74, 6) is -0.287. The van der Waals surface area contributed by atoms with Crippen molar-refractivity contribution in [2.45, 2.75) is 26.3 Å². The second-order valence-corrected chi connectivity index (χ2v) is 6.46. The number of hydrogen-bond acceptors (Lipinski definition) is 5. The van der Waals surface area contributed by atoms with Crippen LogP contribution in [0.5, 0.6) is 0 Å². The first-order chi connectivity index (χ1) is 11.4. The molecule has 0 aliphatic rings. The summed E-state index contributed by atoms with van der Waals surface area (Å²) in [6.45, 7) is 5.86. The highest BCUT2D eigenvalue weighted by Gasteiger charge is 2.20. The number of rotatable bonds is 4. The van der Waals surface area contributed by atoms with Gasteiger partial charge in [-0.15, -0.1) is 29.9 Å². The van der Waals surface area contributed by atoms with E-state index >= 15 is 0 Å². The van der Waals surface area contributed by atoms with Gasteiger partial charge in [0.05, 0.1) is 16.9 Å². The number of carbonyl (C=O) groups excluding carboxylic acids is 1. The molecule has 1 amide bonds. The van der Waals surface area contributed by atoms with Crippen molar-refractivity contribution in [3.8, 4) is 5.69 Å². The maximum Gasteiger partial charge on any atom is 0.273 e. The van der Waals surface area contributed by atoms with E-state index in [0.29, 0.717) is 12.2 Å². The number of nitrogens with zero attached hydrogens (tertiary/aromatic N) is 4. The van der Waals surface area contributed by atoms with Gasteiger partial charge in [-0.2, -0.15) is 0 Å². The highest BCUT2D eigenvalue weighted by Crippen LogP contribution is 2.21. The van der Waals surface area contributed by atoms with Crippen LogP contribution in [-0.2, 0) is 0 Å². The molecule has 0 spiro atoms. The molecular formula is C17H22Cl2N6O. The van der Waals surface area contributed by atoms with Crippen LogP contribution in [0, 0.1) is 6.92 Å². The van der Waals surface area contributed by atoms with Gasteiger partial charge < -0.3 is 11.1 Å². The molecule has 140 valence electrons. The number of fused-ring (bicyclic) bond motifs is 1. The molecule has 0 aliphatic carbocycles. The summed E-state index contributed by atoms with van der Waals surface area (Å²) in [6.07, 6.45) is 1.73. The minimum absolute atomic E-state index is 0. The first kappa shape index (κ1) is 21.8. The molecule has 1 aromatic carbocycles. The van der Waals surface area contributed by atoms with Crippen LogP contribution in [-0.4, -0.2) is 38.0 Å². The number of nitrogens with two attached hydrogens (primary N) is 1. The van der Waals surface area contributed by atoms with E-state index in [9.17, 15) is 4.79 Å². The molecule has 2 heterocycles. The zero-order valence-corrected chi connectivity index (χ0v) is 16.4. The molecule has 0 saturated heterocycles. The normalized spacial score (nSPS) is 10.8. The average molecular weight is 397 g/mol. The number of para-hydroxylation sites is 1. The van der Waals surface area contributed by atoms with Crippen LogP contribution in [0.1, 0.15) is 30.0 Å². The topological polar surface area (TPSA) is 98.7 Å². The van der Waals surface area contributed by atoms with Crippen LogP contribution in [0.15, 0.2) is 36.5 Å². The van der Waals surface area contributed by atoms with Crippen molar-refractivity contribution in [2.24, 2.45) is 5.73 Å². The third kappa shape index (κ3) is 4.49.